The molecule has 0 amide bonds. The van der Waals surface area contributed by atoms with Crippen LogP contribution in [0.4, 0.5) is 0 Å². The average molecular weight is 460 g/mol. The van der Waals surface area contributed by atoms with Gasteiger partial charge in [-0.15, -0.1) is 0 Å². The molecule has 0 spiro atoms. The van der Waals surface area contributed by atoms with Crippen molar-refractivity contribution >= 4 is 11.6 Å². The summed E-state index contributed by atoms with van der Waals surface area (Å²) >= 11 is 6.06. The minimum atomic E-state index is -0.859. The SMILES string of the molecule is Cc1cc(C#N)cnc1CN1CCC(c2cccc3c2OC(C)(c2ccc(Cl)cc2)O3)CC1. The van der Waals surface area contributed by atoms with Crippen LogP contribution in [0.2, 0.25) is 5.02 Å². The molecule has 1 fully saturated rings. The highest BCUT2D eigenvalue weighted by molar-refractivity contribution is 6.30. The largest absolute Gasteiger partial charge is 0.445 e. The number of aryl methyl sites for hydroxylation is 1. The summed E-state index contributed by atoms with van der Waals surface area (Å²) in [6.07, 6.45) is 3.76. The van der Waals surface area contributed by atoms with E-state index < -0.39 is 5.79 Å². The van der Waals surface area contributed by atoms with Gasteiger partial charge in [0.2, 0.25) is 0 Å². The second kappa shape index (κ2) is 8.70. The summed E-state index contributed by atoms with van der Waals surface area (Å²) in [6.45, 7) is 6.77. The van der Waals surface area contributed by atoms with Crippen LogP contribution < -0.4 is 9.47 Å². The lowest BCUT2D eigenvalue weighted by molar-refractivity contribution is -0.0685. The molecule has 1 saturated heterocycles. The first-order valence-corrected chi connectivity index (χ1v) is 11.7. The molecule has 3 aromatic rings. The number of rotatable bonds is 4. The van der Waals surface area contributed by atoms with E-state index in [0.29, 0.717) is 16.5 Å². The fraction of sp³-hybridized carbons (Fsp3) is 0.333. The third-order valence-corrected chi connectivity index (χ3v) is 6.95. The van der Waals surface area contributed by atoms with Crippen LogP contribution >= 0.6 is 11.6 Å². The lowest BCUT2D eigenvalue weighted by Crippen LogP contribution is -2.33. The number of hydrogen-bond acceptors (Lipinski definition) is 5. The monoisotopic (exact) mass is 459 g/mol. The molecule has 0 bridgehead atoms. The first kappa shape index (κ1) is 21.8. The predicted octanol–water partition coefficient (Wildman–Crippen LogP) is 5.94. The van der Waals surface area contributed by atoms with Gasteiger partial charge in [-0.2, -0.15) is 5.26 Å². The Morgan fingerprint density at radius 1 is 1.15 bits per heavy atom. The molecule has 2 aliphatic rings. The fourth-order valence-electron chi connectivity index (χ4n) is 4.78. The number of piperidine rings is 1. The normalized spacial score (nSPS) is 20.5. The quantitative estimate of drug-likeness (QED) is 0.483. The number of fused-ring (bicyclic) bond motifs is 1. The first-order chi connectivity index (χ1) is 15.9. The molecular weight excluding hydrogens is 434 g/mol. The highest BCUT2D eigenvalue weighted by atomic mass is 35.5. The molecule has 5 rings (SSSR count). The number of para-hydroxylation sites is 1. The van der Waals surface area contributed by atoms with E-state index in [1.54, 1.807) is 6.20 Å². The third kappa shape index (κ3) is 4.29. The smallest absolute Gasteiger partial charge is 0.275 e. The molecule has 168 valence electrons. The Bertz CT molecular complexity index is 1210. The van der Waals surface area contributed by atoms with E-state index in [1.165, 1.54) is 5.56 Å². The van der Waals surface area contributed by atoms with E-state index in [-0.39, 0.29) is 0 Å². The Labute approximate surface area is 199 Å². The number of likely N-dealkylation sites (tertiary alicyclic amines) is 1. The van der Waals surface area contributed by atoms with Crippen LogP contribution in [0, 0.1) is 18.3 Å². The lowest BCUT2D eigenvalue weighted by Gasteiger charge is -2.32. The minimum Gasteiger partial charge on any atom is -0.445 e. The van der Waals surface area contributed by atoms with E-state index in [4.69, 9.17) is 26.3 Å². The van der Waals surface area contributed by atoms with Gasteiger partial charge in [0, 0.05) is 35.8 Å². The van der Waals surface area contributed by atoms with E-state index >= 15 is 0 Å². The number of nitriles is 1. The van der Waals surface area contributed by atoms with Gasteiger partial charge in [-0.1, -0.05) is 23.7 Å². The molecule has 1 unspecified atom stereocenters. The molecule has 2 aliphatic heterocycles. The predicted molar refractivity (Wildman–Crippen MR) is 127 cm³/mol. The van der Waals surface area contributed by atoms with Crippen molar-refractivity contribution in [1.29, 1.82) is 5.26 Å². The highest BCUT2D eigenvalue weighted by Gasteiger charge is 2.41. The van der Waals surface area contributed by atoms with Crippen molar-refractivity contribution in [3.05, 3.63) is 87.7 Å². The summed E-state index contributed by atoms with van der Waals surface area (Å²) in [6, 6.07) is 17.9. The van der Waals surface area contributed by atoms with Crippen molar-refractivity contribution in [2.24, 2.45) is 0 Å². The van der Waals surface area contributed by atoms with Crippen LogP contribution in [0.3, 0.4) is 0 Å². The van der Waals surface area contributed by atoms with Crippen LogP contribution in [0.1, 0.15) is 53.6 Å². The maximum absolute atomic E-state index is 9.06. The van der Waals surface area contributed by atoms with Crippen molar-refractivity contribution in [3.8, 4) is 17.6 Å². The number of pyridine rings is 1. The van der Waals surface area contributed by atoms with Gasteiger partial charge in [0.25, 0.3) is 5.79 Å². The number of nitrogens with zero attached hydrogens (tertiary/aromatic N) is 3. The topological polar surface area (TPSA) is 58.4 Å². The molecule has 0 radical (unpaired) electrons. The van der Waals surface area contributed by atoms with Crippen LogP contribution in [0.25, 0.3) is 0 Å². The van der Waals surface area contributed by atoms with Crippen molar-refractivity contribution in [3.63, 3.8) is 0 Å². The summed E-state index contributed by atoms with van der Waals surface area (Å²) in [4.78, 5) is 6.95. The Hall–Kier alpha value is -3.07. The zero-order valence-electron chi connectivity index (χ0n) is 18.8. The number of hydrogen-bond donors (Lipinski definition) is 0. The lowest BCUT2D eigenvalue weighted by atomic mass is 9.88. The molecule has 33 heavy (non-hydrogen) atoms. The van der Waals surface area contributed by atoms with Crippen molar-refractivity contribution < 1.29 is 9.47 Å². The van der Waals surface area contributed by atoms with E-state index in [2.05, 4.69) is 28.1 Å². The maximum atomic E-state index is 9.06. The average Bonchev–Trinajstić information content (AvgIpc) is 3.18. The Morgan fingerprint density at radius 3 is 2.61 bits per heavy atom. The van der Waals surface area contributed by atoms with Gasteiger partial charge in [-0.25, -0.2) is 0 Å². The van der Waals surface area contributed by atoms with Crippen molar-refractivity contribution in [2.75, 3.05) is 13.1 Å². The summed E-state index contributed by atoms with van der Waals surface area (Å²) in [5.74, 6) is 1.22. The van der Waals surface area contributed by atoms with Crippen LogP contribution in [-0.2, 0) is 12.3 Å². The van der Waals surface area contributed by atoms with Gasteiger partial charge in [-0.05, 0) is 80.7 Å². The second-order valence-corrected chi connectivity index (χ2v) is 9.42. The summed E-state index contributed by atoms with van der Waals surface area (Å²) in [5, 5.41) is 9.75. The Kier molecular flexibility index (Phi) is 5.74. The molecule has 0 aliphatic carbocycles. The van der Waals surface area contributed by atoms with E-state index in [9.17, 15) is 0 Å². The minimum absolute atomic E-state index is 0.419. The first-order valence-electron chi connectivity index (χ1n) is 11.3. The highest BCUT2D eigenvalue weighted by Crippen LogP contribution is 2.49. The number of halogens is 1. The molecule has 0 saturated carbocycles. The molecule has 3 heterocycles. The zero-order valence-corrected chi connectivity index (χ0v) is 19.6. The number of aromatic nitrogens is 1. The van der Waals surface area contributed by atoms with Gasteiger partial charge < -0.3 is 9.47 Å². The number of ether oxygens (including phenoxy) is 2. The summed E-state index contributed by atoms with van der Waals surface area (Å²) < 4.78 is 12.7. The summed E-state index contributed by atoms with van der Waals surface area (Å²) in [5.41, 5.74) is 4.89. The third-order valence-electron chi connectivity index (χ3n) is 6.70. The molecule has 0 N–H and O–H groups in total. The van der Waals surface area contributed by atoms with Crippen LogP contribution in [0.15, 0.2) is 54.7 Å². The number of benzene rings is 2. The fourth-order valence-corrected chi connectivity index (χ4v) is 4.91. The zero-order chi connectivity index (χ0) is 23.0. The maximum Gasteiger partial charge on any atom is 0.275 e. The Balaban J connectivity index is 1.28. The molecular formula is C27H26ClN3O2. The molecule has 5 nitrogen and oxygen atoms in total. The summed E-state index contributed by atoms with van der Waals surface area (Å²) in [7, 11) is 0. The molecule has 6 heteroatoms. The van der Waals surface area contributed by atoms with Gasteiger partial charge in [-0.3, -0.25) is 9.88 Å². The Morgan fingerprint density at radius 2 is 1.91 bits per heavy atom. The standard InChI is InChI=1S/C27H26ClN3O2/c1-18-14-19(15-29)16-30-24(18)17-31-12-10-20(11-13-31)23-4-3-5-25-26(23)33-27(2,32-25)21-6-8-22(28)9-7-21/h3-9,14,16,20H,10-13,17H2,1-2H3. The van der Waals surface area contributed by atoms with Crippen LogP contribution in [-0.4, -0.2) is 23.0 Å². The van der Waals surface area contributed by atoms with Gasteiger partial charge >= 0.3 is 0 Å². The van der Waals surface area contributed by atoms with Crippen molar-refractivity contribution in [1.82, 2.24) is 9.88 Å². The van der Waals surface area contributed by atoms with Gasteiger partial charge in [0.1, 0.15) is 6.07 Å². The van der Waals surface area contributed by atoms with E-state index in [1.807, 2.05) is 50.2 Å². The van der Waals surface area contributed by atoms with Crippen molar-refractivity contribution in [2.45, 2.75) is 44.9 Å². The molecule has 2 aromatic carbocycles. The van der Waals surface area contributed by atoms with Crippen LogP contribution in [0.5, 0.6) is 11.5 Å². The van der Waals surface area contributed by atoms with Gasteiger partial charge in [0.15, 0.2) is 11.5 Å². The molecule has 1 atom stereocenters. The van der Waals surface area contributed by atoms with Gasteiger partial charge in [0.05, 0.1) is 11.3 Å². The van der Waals surface area contributed by atoms with E-state index in [0.717, 1.165) is 60.8 Å². The molecule has 1 aromatic heterocycles. The second-order valence-electron chi connectivity index (χ2n) is 8.98.